The van der Waals surface area contributed by atoms with Crippen LogP contribution in [0.1, 0.15) is 32.1 Å². The van der Waals surface area contributed by atoms with E-state index < -0.39 is 0 Å². The van der Waals surface area contributed by atoms with Gasteiger partial charge in [-0.1, -0.05) is 5.16 Å². The molecule has 4 fully saturated rings. The standard InChI is InChI=1S/C11H18N2O/c12-6-11-3-7-1-8(4-11)10(13-14)9(2-7)5-11/h7-9,14H,1-6,12H2. The fourth-order valence-electron chi connectivity index (χ4n) is 4.34. The fraction of sp³-hybridized carbons (Fsp3) is 0.909. The normalized spacial score (nSPS) is 49.8. The molecule has 0 aromatic carbocycles. The van der Waals surface area contributed by atoms with E-state index in [-0.39, 0.29) is 0 Å². The summed E-state index contributed by atoms with van der Waals surface area (Å²) in [5, 5.41) is 12.5. The van der Waals surface area contributed by atoms with Crippen molar-refractivity contribution in [3.63, 3.8) is 0 Å². The van der Waals surface area contributed by atoms with Gasteiger partial charge in [0.2, 0.25) is 0 Å². The topological polar surface area (TPSA) is 58.6 Å². The van der Waals surface area contributed by atoms with E-state index in [1.54, 1.807) is 0 Å². The molecule has 14 heavy (non-hydrogen) atoms. The Labute approximate surface area is 84.4 Å². The minimum atomic E-state index is 0.407. The van der Waals surface area contributed by atoms with Crippen molar-refractivity contribution < 1.29 is 5.21 Å². The SMILES string of the molecule is NCC12CC3CC(C1)C(=NO)C(C3)C2. The molecular formula is C11H18N2O. The molecule has 2 unspecified atom stereocenters. The first-order chi connectivity index (χ1) is 6.76. The molecule has 3 nitrogen and oxygen atoms in total. The number of hydrogen-bond acceptors (Lipinski definition) is 3. The lowest BCUT2D eigenvalue weighted by Gasteiger charge is -2.56. The van der Waals surface area contributed by atoms with Crippen LogP contribution in [0.2, 0.25) is 0 Å². The molecule has 0 heterocycles. The summed E-state index contributed by atoms with van der Waals surface area (Å²) in [6, 6.07) is 0. The van der Waals surface area contributed by atoms with E-state index in [2.05, 4.69) is 5.16 Å². The van der Waals surface area contributed by atoms with E-state index in [9.17, 15) is 0 Å². The Hall–Kier alpha value is -0.570. The highest BCUT2D eigenvalue weighted by Crippen LogP contribution is 2.58. The lowest BCUT2D eigenvalue weighted by atomic mass is 9.49. The molecule has 3 heteroatoms. The van der Waals surface area contributed by atoms with Gasteiger partial charge >= 0.3 is 0 Å². The van der Waals surface area contributed by atoms with Crippen LogP contribution in [-0.4, -0.2) is 17.5 Å². The zero-order valence-corrected chi connectivity index (χ0v) is 8.45. The Bertz CT molecular complexity index is 269. The molecule has 3 N–H and O–H groups in total. The Morgan fingerprint density at radius 1 is 1.29 bits per heavy atom. The minimum absolute atomic E-state index is 0.407. The molecule has 0 aromatic rings. The first-order valence-electron chi connectivity index (χ1n) is 5.68. The predicted molar refractivity (Wildman–Crippen MR) is 54.3 cm³/mol. The van der Waals surface area contributed by atoms with Crippen molar-refractivity contribution in [2.24, 2.45) is 34.1 Å². The largest absolute Gasteiger partial charge is 0.411 e. The maximum atomic E-state index is 9.01. The lowest BCUT2D eigenvalue weighted by molar-refractivity contribution is 0.0195. The van der Waals surface area contributed by atoms with Crippen LogP contribution in [0.3, 0.4) is 0 Å². The van der Waals surface area contributed by atoms with Gasteiger partial charge in [-0.05, 0) is 50.0 Å². The van der Waals surface area contributed by atoms with Gasteiger partial charge in [-0.3, -0.25) is 0 Å². The zero-order valence-electron chi connectivity index (χ0n) is 8.45. The van der Waals surface area contributed by atoms with Crippen molar-refractivity contribution in [1.82, 2.24) is 0 Å². The second-order valence-corrected chi connectivity index (χ2v) is 5.57. The minimum Gasteiger partial charge on any atom is -0.411 e. The monoisotopic (exact) mass is 194 g/mol. The highest BCUT2D eigenvalue weighted by atomic mass is 16.4. The highest BCUT2D eigenvalue weighted by Gasteiger charge is 2.53. The van der Waals surface area contributed by atoms with Crippen LogP contribution in [0.15, 0.2) is 5.16 Å². The molecule has 4 saturated carbocycles. The summed E-state index contributed by atoms with van der Waals surface area (Å²) in [6.45, 7) is 0.829. The predicted octanol–water partition coefficient (Wildman–Crippen LogP) is 1.60. The summed E-state index contributed by atoms with van der Waals surface area (Å²) in [4.78, 5) is 0. The lowest BCUT2D eigenvalue weighted by Crippen LogP contribution is -2.54. The van der Waals surface area contributed by atoms with Crippen molar-refractivity contribution in [1.29, 1.82) is 0 Å². The van der Waals surface area contributed by atoms with Crippen LogP contribution >= 0.6 is 0 Å². The number of oxime groups is 1. The van der Waals surface area contributed by atoms with E-state index >= 15 is 0 Å². The van der Waals surface area contributed by atoms with Crippen molar-refractivity contribution in [2.45, 2.75) is 32.1 Å². The second-order valence-electron chi connectivity index (χ2n) is 5.57. The quantitative estimate of drug-likeness (QED) is 0.492. The summed E-state index contributed by atoms with van der Waals surface area (Å²) in [7, 11) is 0. The molecule has 4 rings (SSSR count). The van der Waals surface area contributed by atoms with Gasteiger partial charge in [0.15, 0.2) is 0 Å². The fourth-order valence-corrected chi connectivity index (χ4v) is 4.34. The van der Waals surface area contributed by atoms with Crippen LogP contribution < -0.4 is 5.73 Å². The molecular weight excluding hydrogens is 176 g/mol. The Balaban J connectivity index is 1.95. The third kappa shape index (κ3) is 0.991. The molecule has 0 amide bonds. The van der Waals surface area contributed by atoms with Gasteiger partial charge in [0, 0.05) is 11.8 Å². The van der Waals surface area contributed by atoms with Gasteiger partial charge < -0.3 is 10.9 Å². The maximum absolute atomic E-state index is 9.01. The van der Waals surface area contributed by atoms with Crippen LogP contribution in [0, 0.1) is 23.2 Å². The van der Waals surface area contributed by atoms with Crippen LogP contribution in [-0.2, 0) is 0 Å². The van der Waals surface area contributed by atoms with Crippen molar-refractivity contribution in [2.75, 3.05) is 6.54 Å². The maximum Gasteiger partial charge on any atom is 0.0633 e. The van der Waals surface area contributed by atoms with Crippen LogP contribution in [0.4, 0.5) is 0 Å². The molecule has 2 atom stereocenters. The average Bonchev–Trinajstić information content (AvgIpc) is 2.17. The van der Waals surface area contributed by atoms with Crippen LogP contribution in [0.5, 0.6) is 0 Å². The molecule has 0 spiro atoms. The van der Waals surface area contributed by atoms with Crippen molar-refractivity contribution in [3.8, 4) is 0 Å². The first-order valence-corrected chi connectivity index (χ1v) is 5.68. The average molecular weight is 194 g/mol. The van der Waals surface area contributed by atoms with Gasteiger partial charge in [0.05, 0.1) is 5.71 Å². The van der Waals surface area contributed by atoms with Gasteiger partial charge in [0.1, 0.15) is 0 Å². The number of nitrogens with zero attached hydrogens (tertiary/aromatic N) is 1. The van der Waals surface area contributed by atoms with E-state index in [1.807, 2.05) is 0 Å². The van der Waals surface area contributed by atoms with Gasteiger partial charge in [-0.15, -0.1) is 0 Å². The molecule has 4 aliphatic rings. The summed E-state index contributed by atoms with van der Waals surface area (Å²) < 4.78 is 0. The van der Waals surface area contributed by atoms with Gasteiger partial charge in [-0.2, -0.15) is 0 Å². The summed E-state index contributed by atoms with van der Waals surface area (Å²) >= 11 is 0. The third-order valence-corrected chi connectivity index (χ3v) is 4.70. The van der Waals surface area contributed by atoms with Crippen molar-refractivity contribution in [3.05, 3.63) is 0 Å². The molecule has 4 bridgehead atoms. The summed E-state index contributed by atoms with van der Waals surface area (Å²) in [6.07, 6.45) is 6.18. The first kappa shape index (κ1) is 8.72. The van der Waals surface area contributed by atoms with Crippen molar-refractivity contribution >= 4 is 5.71 Å². The molecule has 0 saturated heterocycles. The Morgan fingerprint density at radius 2 is 1.93 bits per heavy atom. The molecule has 0 radical (unpaired) electrons. The van der Waals surface area contributed by atoms with Gasteiger partial charge in [-0.25, -0.2) is 0 Å². The number of hydrogen-bond donors (Lipinski definition) is 2. The number of nitrogens with two attached hydrogens (primary N) is 1. The van der Waals surface area contributed by atoms with Gasteiger partial charge in [0.25, 0.3) is 0 Å². The second kappa shape index (κ2) is 2.72. The molecule has 78 valence electrons. The molecule has 0 aliphatic heterocycles. The van der Waals surface area contributed by atoms with Crippen LogP contribution in [0.25, 0.3) is 0 Å². The zero-order chi connectivity index (χ0) is 9.76. The number of rotatable bonds is 1. The molecule has 0 aromatic heterocycles. The Kier molecular flexibility index (Phi) is 1.69. The Morgan fingerprint density at radius 3 is 2.43 bits per heavy atom. The molecule has 4 aliphatic carbocycles. The van der Waals surface area contributed by atoms with E-state index in [4.69, 9.17) is 10.9 Å². The van der Waals surface area contributed by atoms with E-state index in [1.165, 1.54) is 32.1 Å². The van der Waals surface area contributed by atoms with E-state index in [0.29, 0.717) is 17.3 Å². The summed E-state index contributed by atoms with van der Waals surface area (Å²) in [5.74, 6) is 1.96. The smallest absolute Gasteiger partial charge is 0.0633 e. The third-order valence-electron chi connectivity index (χ3n) is 4.70. The van der Waals surface area contributed by atoms with E-state index in [0.717, 1.165) is 18.2 Å². The highest BCUT2D eigenvalue weighted by molar-refractivity contribution is 5.90. The summed E-state index contributed by atoms with van der Waals surface area (Å²) in [5.41, 5.74) is 7.41.